The lowest BCUT2D eigenvalue weighted by Gasteiger charge is -2.18. The monoisotopic (exact) mass is 286 g/mol. The average Bonchev–Trinajstić information content (AvgIpc) is 2.71. The molecule has 1 aromatic rings. The first-order valence-corrected chi connectivity index (χ1v) is 6.17. The number of aryl methyl sites for hydroxylation is 1. The number of hydrogen-bond donors (Lipinski definition) is 1. The van der Waals surface area contributed by atoms with Gasteiger partial charge in [-0.1, -0.05) is 23.2 Å². The van der Waals surface area contributed by atoms with Crippen LogP contribution in [0.25, 0.3) is 0 Å². The third-order valence-corrected chi connectivity index (χ3v) is 3.07. The van der Waals surface area contributed by atoms with Gasteiger partial charge in [-0.15, -0.1) is 0 Å². The number of carbonyl (C=O) groups excluding carboxylic acids is 1. The summed E-state index contributed by atoms with van der Waals surface area (Å²) in [6, 6.07) is 1.55. The molecule has 0 aromatic carbocycles. The van der Waals surface area contributed by atoms with E-state index in [0.717, 1.165) is 0 Å². The highest BCUT2D eigenvalue weighted by atomic mass is 35.5. The van der Waals surface area contributed by atoms with E-state index in [0.29, 0.717) is 40.6 Å². The first-order valence-electron chi connectivity index (χ1n) is 5.41. The van der Waals surface area contributed by atoms with Crippen molar-refractivity contribution in [1.29, 1.82) is 0 Å². The summed E-state index contributed by atoms with van der Waals surface area (Å²) in [6.45, 7) is 4.44. The van der Waals surface area contributed by atoms with Crippen molar-refractivity contribution < 1.29 is 4.79 Å². The van der Waals surface area contributed by atoms with Crippen LogP contribution in [0.3, 0.4) is 0 Å². The maximum Gasteiger partial charge on any atom is 0.226 e. The molecule has 0 bridgehead atoms. The minimum Gasteiger partial charge on any atom is -0.323 e. The zero-order chi connectivity index (χ0) is 13.3. The predicted molar refractivity (Wildman–Crippen MR) is 72.3 cm³/mol. The molecule has 7 heteroatoms. The molecule has 0 aliphatic carbocycles. The van der Waals surface area contributed by atoms with Crippen LogP contribution in [0.15, 0.2) is 11.1 Å². The van der Waals surface area contributed by atoms with Crippen molar-refractivity contribution in [3.63, 3.8) is 0 Å². The SMILES string of the molecule is CC(=O)N1CCN=C1Nc1c(Cl)cc(Cl)nc1C. The van der Waals surface area contributed by atoms with Crippen molar-refractivity contribution in [2.45, 2.75) is 13.8 Å². The average molecular weight is 287 g/mol. The Morgan fingerprint density at radius 2 is 2.22 bits per heavy atom. The molecule has 0 spiro atoms. The minimum atomic E-state index is -0.0607. The molecule has 1 aliphatic heterocycles. The first-order chi connectivity index (χ1) is 8.49. The van der Waals surface area contributed by atoms with Gasteiger partial charge in [0.2, 0.25) is 11.9 Å². The Morgan fingerprint density at radius 3 is 2.83 bits per heavy atom. The summed E-state index contributed by atoms with van der Waals surface area (Å²) in [4.78, 5) is 21.3. The van der Waals surface area contributed by atoms with Gasteiger partial charge in [-0.05, 0) is 13.0 Å². The predicted octanol–water partition coefficient (Wildman–Crippen LogP) is 2.33. The first kappa shape index (κ1) is 13.1. The summed E-state index contributed by atoms with van der Waals surface area (Å²) in [7, 11) is 0. The van der Waals surface area contributed by atoms with E-state index in [-0.39, 0.29) is 5.91 Å². The Hall–Kier alpha value is -1.33. The topological polar surface area (TPSA) is 57.6 Å². The highest BCUT2D eigenvalue weighted by Gasteiger charge is 2.22. The van der Waals surface area contributed by atoms with Gasteiger partial charge in [0.25, 0.3) is 0 Å². The van der Waals surface area contributed by atoms with Gasteiger partial charge >= 0.3 is 0 Å². The number of amides is 1. The molecule has 0 radical (unpaired) electrons. The van der Waals surface area contributed by atoms with Gasteiger partial charge < -0.3 is 5.32 Å². The van der Waals surface area contributed by atoms with Gasteiger partial charge in [-0.25, -0.2) is 4.98 Å². The molecule has 1 N–H and O–H groups in total. The lowest BCUT2D eigenvalue weighted by atomic mass is 10.3. The number of nitrogens with zero attached hydrogens (tertiary/aromatic N) is 3. The van der Waals surface area contributed by atoms with Gasteiger partial charge in [0.1, 0.15) is 5.15 Å². The van der Waals surface area contributed by atoms with Gasteiger partial charge in [0, 0.05) is 13.5 Å². The molecule has 96 valence electrons. The number of rotatable bonds is 1. The van der Waals surface area contributed by atoms with Crippen molar-refractivity contribution in [3.05, 3.63) is 21.9 Å². The Labute approximate surface area is 115 Å². The maximum absolute atomic E-state index is 11.4. The summed E-state index contributed by atoms with van der Waals surface area (Å²) in [5, 5.41) is 3.82. The van der Waals surface area contributed by atoms with E-state index in [2.05, 4.69) is 15.3 Å². The van der Waals surface area contributed by atoms with Crippen LogP contribution in [0.1, 0.15) is 12.6 Å². The third-order valence-electron chi connectivity index (χ3n) is 2.58. The molecule has 1 aliphatic rings. The van der Waals surface area contributed by atoms with E-state index < -0.39 is 0 Å². The highest BCUT2D eigenvalue weighted by molar-refractivity contribution is 6.36. The zero-order valence-electron chi connectivity index (χ0n) is 10.00. The number of aromatic nitrogens is 1. The highest BCUT2D eigenvalue weighted by Crippen LogP contribution is 2.27. The summed E-state index contributed by atoms with van der Waals surface area (Å²) in [5.41, 5.74) is 1.28. The molecular formula is C11H12Cl2N4O. The molecule has 18 heavy (non-hydrogen) atoms. The Morgan fingerprint density at radius 1 is 1.50 bits per heavy atom. The van der Waals surface area contributed by atoms with Gasteiger partial charge in [0.05, 0.1) is 22.9 Å². The van der Waals surface area contributed by atoms with Crippen molar-refractivity contribution in [1.82, 2.24) is 9.88 Å². The molecule has 2 heterocycles. The molecule has 1 amide bonds. The summed E-state index contributed by atoms with van der Waals surface area (Å²) in [5.74, 6) is 0.436. The molecule has 0 unspecified atom stereocenters. The van der Waals surface area contributed by atoms with Crippen molar-refractivity contribution >= 4 is 40.8 Å². The van der Waals surface area contributed by atoms with Crippen molar-refractivity contribution in [3.8, 4) is 0 Å². The van der Waals surface area contributed by atoms with Gasteiger partial charge in [0.15, 0.2) is 0 Å². The number of anilines is 1. The lowest BCUT2D eigenvalue weighted by molar-refractivity contribution is -0.124. The quantitative estimate of drug-likeness (QED) is 0.806. The molecule has 1 aromatic heterocycles. The van der Waals surface area contributed by atoms with E-state index in [1.54, 1.807) is 17.9 Å². The van der Waals surface area contributed by atoms with Crippen molar-refractivity contribution in [2.24, 2.45) is 4.99 Å². The maximum atomic E-state index is 11.4. The van der Waals surface area contributed by atoms with E-state index in [9.17, 15) is 4.79 Å². The second kappa shape index (κ2) is 5.12. The number of halogens is 2. The van der Waals surface area contributed by atoms with Crippen LogP contribution in [0.2, 0.25) is 10.2 Å². The van der Waals surface area contributed by atoms with E-state index in [1.807, 2.05) is 0 Å². The number of hydrogen-bond acceptors (Lipinski definition) is 4. The van der Waals surface area contributed by atoms with Crippen molar-refractivity contribution in [2.75, 3.05) is 18.4 Å². The molecule has 0 saturated heterocycles. The van der Waals surface area contributed by atoms with Gasteiger partial charge in [-0.3, -0.25) is 14.7 Å². The zero-order valence-corrected chi connectivity index (χ0v) is 11.5. The fourth-order valence-corrected chi connectivity index (χ4v) is 2.30. The molecule has 0 atom stereocenters. The fraction of sp³-hybridized carbons (Fsp3) is 0.364. The van der Waals surface area contributed by atoms with Gasteiger partial charge in [-0.2, -0.15) is 0 Å². The number of pyridine rings is 1. The number of nitrogens with one attached hydrogen (secondary N) is 1. The largest absolute Gasteiger partial charge is 0.323 e. The van der Waals surface area contributed by atoms with E-state index >= 15 is 0 Å². The van der Waals surface area contributed by atoms with E-state index in [1.165, 1.54) is 6.92 Å². The Bertz CT molecular complexity index is 507. The summed E-state index contributed by atoms with van der Waals surface area (Å²) < 4.78 is 0. The smallest absolute Gasteiger partial charge is 0.226 e. The second-order valence-electron chi connectivity index (χ2n) is 3.89. The minimum absolute atomic E-state index is 0.0607. The normalized spacial score (nSPS) is 14.7. The van der Waals surface area contributed by atoms with Crippen LogP contribution in [-0.4, -0.2) is 34.8 Å². The van der Waals surface area contributed by atoms with Crippen LogP contribution < -0.4 is 5.32 Å². The van der Waals surface area contributed by atoms with Crippen LogP contribution in [-0.2, 0) is 4.79 Å². The summed E-state index contributed by atoms with van der Waals surface area (Å²) >= 11 is 11.9. The van der Waals surface area contributed by atoms with Crippen LogP contribution in [0.4, 0.5) is 5.69 Å². The molecule has 0 saturated carbocycles. The number of guanidine groups is 1. The summed E-state index contributed by atoms with van der Waals surface area (Å²) in [6.07, 6.45) is 0. The third kappa shape index (κ3) is 2.57. The Kier molecular flexibility index (Phi) is 3.73. The number of aliphatic imine (C=N–C) groups is 1. The second-order valence-corrected chi connectivity index (χ2v) is 4.68. The lowest BCUT2D eigenvalue weighted by Crippen LogP contribution is -2.37. The number of carbonyl (C=O) groups is 1. The molecule has 2 rings (SSSR count). The molecular weight excluding hydrogens is 275 g/mol. The van der Waals surface area contributed by atoms with E-state index in [4.69, 9.17) is 23.2 Å². The van der Waals surface area contributed by atoms with Crippen LogP contribution in [0, 0.1) is 6.92 Å². The Balaban J connectivity index is 2.27. The molecule has 0 fully saturated rings. The van der Waals surface area contributed by atoms with Crippen LogP contribution in [0.5, 0.6) is 0 Å². The fourth-order valence-electron chi connectivity index (χ4n) is 1.72. The van der Waals surface area contributed by atoms with Crippen LogP contribution >= 0.6 is 23.2 Å². The molecule has 5 nitrogen and oxygen atoms in total. The standard InChI is InChI=1S/C11H12Cl2N4O/c1-6-10(8(12)5-9(13)15-6)16-11-14-3-4-17(11)7(2)18/h5H,3-4H2,1-2H3,(H,14,16).